The lowest BCUT2D eigenvalue weighted by atomic mass is 10.3. The highest BCUT2D eigenvalue weighted by molar-refractivity contribution is 5.27. The maximum atomic E-state index is 9.53. The molecule has 6 nitrogen and oxygen atoms in total. The molecule has 2 aromatic carbocycles. The zero-order valence-electron chi connectivity index (χ0n) is 10.9. The molecule has 0 aliphatic heterocycles. The molecule has 6 heteroatoms. The summed E-state index contributed by atoms with van der Waals surface area (Å²) in [5.41, 5.74) is 0. The van der Waals surface area contributed by atoms with Crippen molar-refractivity contribution in [1.82, 2.24) is 15.0 Å². The van der Waals surface area contributed by atoms with Crippen LogP contribution in [0.3, 0.4) is 0 Å². The molecule has 0 saturated heterocycles. The molecule has 1 aromatic heterocycles. The molecule has 21 heavy (non-hydrogen) atoms. The van der Waals surface area contributed by atoms with Gasteiger partial charge in [-0.05, 0) is 24.3 Å². The van der Waals surface area contributed by atoms with Crippen molar-refractivity contribution < 1.29 is 14.6 Å². The van der Waals surface area contributed by atoms with E-state index in [1.165, 1.54) is 0 Å². The van der Waals surface area contributed by atoms with Crippen molar-refractivity contribution in [1.29, 1.82) is 0 Å². The molecule has 1 N–H and O–H groups in total. The van der Waals surface area contributed by atoms with Crippen molar-refractivity contribution in [2.45, 2.75) is 0 Å². The minimum atomic E-state index is -0.470. The highest BCUT2D eigenvalue weighted by atomic mass is 16.5. The third kappa shape index (κ3) is 3.44. The summed E-state index contributed by atoms with van der Waals surface area (Å²) in [5.74, 6) is 1.10. The van der Waals surface area contributed by atoms with Crippen molar-refractivity contribution in [3.63, 3.8) is 0 Å². The minimum Gasteiger partial charge on any atom is -0.479 e. The molecule has 0 unspecified atom stereocenters. The second kappa shape index (κ2) is 5.87. The molecule has 0 amide bonds. The summed E-state index contributed by atoms with van der Waals surface area (Å²) in [6.07, 6.45) is 0. The van der Waals surface area contributed by atoms with E-state index >= 15 is 0 Å². The van der Waals surface area contributed by atoms with Crippen molar-refractivity contribution in [3.05, 3.63) is 60.7 Å². The van der Waals surface area contributed by atoms with Gasteiger partial charge in [0.05, 0.1) is 0 Å². The lowest BCUT2D eigenvalue weighted by molar-refractivity contribution is 0.356. The molecule has 0 saturated carbocycles. The van der Waals surface area contributed by atoms with Gasteiger partial charge in [0.25, 0.3) is 0 Å². The van der Waals surface area contributed by atoms with E-state index in [0.29, 0.717) is 11.5 Å². The molecule has 0 fully saturated rings. The zero-order valence-corrected chi connectivity index (χ0v) is 10.9. The third-order valence-electron chi connectivity index (χ3n) is 2.49. The average Bonchev–Trinajstić information content (AvgIpc) is 2.48. The first-order valence-electron chi connectivity index (χ1n) is 6.20. The Bertz CT molecular complexity index is 661. The summed E-state index contributed by atoms with van der Waals surface area (Å²) in [6.45, 7) is 0. The van der Waals surface area contributed by atoms with Crippen molar-refractivity contribution in [2.24, 2.45) is 0 Å². The molecule has 1 heterocycles. The van der Waals surface area contributed by atoms with Crippen LogP contribution in [0.5, 0.6) is 29.5 Å². The lowest BCUT2D eigenvalue weighted by Gasteiger charge is -2.06. The van der Waals surface area contributed by atoms with E-state index in [1.54, 1.807) is 24.3 Å². The Morgan fingerprint density at radius 3 is 1.48 bits per heavy atom. The van der Waals surface area contributed by atoms with Crippen LogP contribution < -0.4 is 9.47 Å². The van der Waals surface area contributed by atoms with Crippen LogP contribution in [-0.2, 0) is 0 Å². The summed E-state index contributed by atoms with van der Waals surface area (Å²) in [6, 6.07) is 17.4. The quantitative estimate of drug-likeness (QED) is 0.791. The predicted octanol–water partition coefficient (Wildman–Crippen LogP) is 3.16. The Balaban J connectivity index is 1.83. The number of ether oxygens (including phenoxy) is 2. The van der Waals surface area contributed by atoms with Gasteiger partial charge in [0.15, 0.2) is 0 Å². The highest BCUT2D eigenvalue weighted by Crippen LogP contribution is 2.23. The van der Waals surface area contributed by atoms with Crippen LogP contribution in [0.1, 0.15) is 0 Å². The van der Waals surface area contributed by atoms with Crippen LogP contribution in [0.15, 0.2) is 60.7 Å². The Morgan fingerprint density at radius 1 is 0.619 bits per heavy atom. The lowest BCUT2D eigenvalue weighted by Crippen LogP contribution is -1.98. The van der Waals surface area contributed by atoms with Gasteiger partial charge >= 0.3 is 18.0 Å². The molecular weight excluding hydrogens is 270 g/mol. The minimum absolute atomic E-state index is 0.0420. The topological polar surface area (TPSA) is 77.4 Å². The fraction of sp³-hybridized carbons (Fsp3) is 0. The first kappa shape index (κ1) is 12.9. The molecule has 0 aliphatic rings. The van der Waals surface area contributed by atoms with Crippen molar-refractivity contribution in [2.75, 3.05) is 0 Å². The molecule has 104 valence electrons. The first-order valence-corrected chi connectivity index (χ1v) is 6.20. The van der Waals surface area contributed by atoms with E-state index in [9.17, 15) is 5.11 Å². The number of benzene rings is 2. The van der Waals surface area contributed by atoms with Gasteiger partial charge in [-0.3, -0.25) is 0 Å². The van der Waals surface area contributed by atoms with E-state index in [2.05, 4.69) is 15.0 Å². The number of aromatic nitrogens is 3. The van der Waals surface area contributed by atoms with Gasteiger partial charge in [-0.1, -0.05) is 36.4 Å². The zero-order chi connectivity index (χ0) is 14.5. The van der Waals surface area contributed by atoms with E-state index in [1.807, 2.05) is 36.4 Å². The summed E-state index contributed by atoms with van der Waals surface area (Å²) in [7, 11) is 0. The van der Waals surface area contributed by atoms with E-state index in [4.69, 9.17) is 9.47 Å². The maximum Gasteiger partial charge on any atom is 0.331 e. The number of para-hydroxylation sites is 2. The monoisotopic (exact) mass is 281 g/mol. The molecule has 0 spiro atoms. The SMILES string of the molecule is Oc1nc(Oc2ccccc2)nc(Oc2ccccc2)n1. The second-order valence-electron chi connectivity index (χ2n) is 4.03. The summed E-state index contributed by atoms with van der Waals surface area (Å²) in [5, 5.41) is 9.53. The smallest absolute Gasteiger partial charge is 0.331 e. The Morgan fingerprint density at radius 2 is 1.05 bits per heavy atom. The van der Waals surface area contributed by atoms with Crippen LogP contribution in [-0.4, -0.2) is 20.1 Å². The molecule has 3 aromatic rings. The van der Waals surface area contributed by atoms with Crippen LogP contribution in [0.25, 0.3) is 0 Å². The van der Waals surface area contributed by atoms with Gasteiger partial charge in [0.2, 0.25) is 0 Å². The first-order chi connectivity index (χ1) is 10.3. The largest absolute Gasteiger partial charge is 0.479 e. The number of hydrogen-bond donors (Lipinski definition) is 1. The van der Waals surface area contributed by atoms with Crippen LogP contribution in [0.4, 0.5) is 0 Å². The standard InChI is InChI=1S/C15H11N3O3/c19-13-16-14(20-11-7-3-1-4-8-11)18-15(17-13)21-12-9-5-2-6-10-12/h1-10H,(H,16,17,18,19). The number of rotatable bonds is 4. The Hall–Kier alpha value is -3.15. The summed E-state index contributed by atoms with van der Waals surface area (Å²) in [4.78, 5) is 11.4. The van der Waals surface area contributed by atoms with Gasteiger partial charge in [0.1, 0.15) is 11.5 Å². The molecular formula is C15H11N3O3. The van der Waals surface area contributed by atoms with Gasteiger partial charge < -0.3 is 14.6 Å². The molecule has 0 atom stereocenters. The van der Waals surface area contributed by atoms with Gasteiger partial charge in [-0.2, -0.15) is 0 Å². The van der Waals surface area contributed by atoms with Gasteiger partial charge in [-0.15, -0.1) is 15.0 Å². The molecule has 0 radical (unpaired) electrons. The third-order valence-corrected chi connectivity index (χ3v) is 2.49. The fourth-order valence-corrected chi connectivity index (χ4v) is 1.61. The number of nitrogens with zero attached hydrogens (tertiary/aromatic N) is 3. The highest BCUT2D eigenvalue weighted by Gasteiger charge is 2.09. The number of aromatic hydroxyl groups is 1. The van der Waals surface area contributed by atoms with Gasteiger partial charge in [-0.25, -0.2) is 0 Å². The maximum absolute atomic E-state index is 9.53. The summed E-state index contributed by atoms with van der Waals surface area (Å²) >= 11 is 0. The Labute approximate surface area is 120 Å². The molecule has 3 rings (SSSR count). The second-order valence-corrected chi connectivity index (χ2v) is 4.03. The predicted molar refractivity (Wildman–Crippen MR) is 74.5 cm³/mol. The molecule has 0 aliphatic carbocycles. The molecule has 0 bridgehead atoms. The van der Waals surface area contributed by atoms with Crippen LogP contribution >= 0.6 is 0 Å². The van der Waals surface area contributed by atoms with Gasteiger partial charge in [0, 0.05) is 0 Å². The number of hydrogen-bond acceptors (Lipinski definition) is 6. The van der Waals surface area contributed by atoms with Crippen LogP contribution in [0, 0.1) is 0 Å². The van der Waals surface area contributed by atoms with Crippen LogP contribution in [0.2, 0.25) is 0 Å². The summed E-state index contributed by atoms with van der Waals surface area (Å²) < 4.78 is 10.9. The average molecular weight is 281 g/mol. The normalized spacial score (nSPS) is 10.1. The van der Waals surface area contributed by atoms with Crippen molar-refractivity contribution >= 4 is 0 Å². The van der Waals surface area contributed by atoms with Crippen molar-refractivity contribution in [3.8, 4) is 29.5 Å². The van der Waals surface area contributed by atoms with E-state index in [0.717, 1.165) is 0 Å². The Kier molecular flexibility index (Phi) is 3.60. The van der Waals surface area contributed by atoms with E-state index < -0.39 is 6.01 Å². The van der Waals surface area contributed by atoms with E-state index in [-0.39, 0.29) is 12.0 Å². The fourth-order valence-electron chi connectivity index (χ4n) is 1.61.